The second kappa shape index (κ2) is 50.5. The van der Waals surface area contributed by atoms with Gasteiger partial charge >= 0.3 is 53.7 Å². The number of rotatable bonds is 40. The fraction of sp³-hybridized carbons (Fsp3) is 0.243. The smallest absolute Gasteiger partial charge is 0.338 e. The minimum Gasteiger partial charge on any atom is -0.459 e. The molecule has 20 atom stereocenters. The van der Waals surface area contributed by atoms with Crippen LogP contribution in [0.25, 0.3) is 0 Å². The largest absolute Gasteiger partial charge is 0.459 e. The molecule has 742 valence electrons. The molecule has 1 N–H and O–H groups in total. The quantitative estimate of drug-likeness (QED) is 0.0275. The first kappa shape index (κ1) is 101. The van der Waals surface area contributed by atoms with E-state index >= 15 is 28.8 Å². The van der Waals surface area contributed by atoms with Gasteiger partial charge in [0.1, 0.15) is 55.4 Å². The van der Waals surface area contributed by atoms with E-state index in [4.69, 9.17) is 94.7 Å². The van der Waals surface area contributed by atoms with Crippen LogP contribution in [0.2, 0.25) is 0 Å². The summed E-state index contributed by atoms with van der Waals surface area (Å²) in [5.41, 5.74) is 2.48. The van der Waals surface area contributed by atoms with Gasteiger partial charge in [0.25, 0.3) is 0 Å². The van der Waals surface area contributed by atoms with E-state index in [0.29, 0.717) is 5.56 Å². The molecule has 4 aliphatic heterocycles. The molecule has 30 nitrogen and oxygen atoms in total. The van der Waals surface area contributed by atoms with E-state index in [2.05, 4.69) is 0 Å². The molecule has 0 amide bonds. The van der Waals surface area contributed by atoms with Crippen molar-refractivity contribution < 1.29 is 143 Å². The van der Waals surface area contributed by atoms with Gasteiger partial charge in [-0.2, -0.15) is 0 Å². The Kier molecular flexibility index (Phi) is 35.2. The van der Waals surface area contributed by atoms with Crippen molar-refractivity contribution in [2.75, 3.05) is 26.4 Å². The maximum Gasteiger partial charge on any atom is 0.338 e. The molecule has 4 fully saturated rings. The standard InChI is InChI=1S/C115H102O30/c116-103(78-48-22-5-23-49-78)130-71-89-93(138-105(118)80-52-26-7-27-53-80)97(140-107(120)82-56-30-9-31-57-82)102(144-111(124)86-64-38-13-39-65-86)115(136-89)145-94-90(73-131-113-100(129-69-77-46-20-4-21-47-77)95(128-68-76-44-18-3-19-45-76)91(127-67-75-42-16-2-17-43-75)87(134-113)70-126-66-74-40-14-1-15-41-74)135-114(101(143-110(123)85-62-36-12-37-63-85)98(94)141-108(121)83-58-32-10-33-59-83)132-72-88-92(137-104(117)79-50-24-6-25-51-79)96(139-106(119)81-54-28-8-29-55-81)99(112(125)133-88)142-109(122)84-60-34-11-35-61-84/h1-65,87-102,112-115,125H,66-73H2/t87-,88-,89-,90-,91+,92+,93-,94+,95+,96+,97+,98+,99-,100-,101-,102+,112-,113+,114-,115-/m1/s1. The van der Waals surface area contributed by atoms with Crippen LogP contribution in [0.5, 0.6) is 0 Å². The molecular formula is C115H102O30. The van der Waals surface area contributed by atoms with Crippen LogP contribution in [0.4, 0.5) is 0 Å². The van der Waals surface area contributed by atoms with Gasteiger partial charge in [-0.05, 0) is 131 Å². The summed E-state index contributed by atoms with van der Waals surface area (Å²) in [7, 11) is 0. The Bertz CT molecular complexity index is 6330. The molecule has 0 radical (unpaired) electrons. The number of benzene rings is 13. The molecule has 4 saturated heterocycles. The minimum absolute atomic E-state index is 0.00811. The zero-order chi connectivity index (χ0) is 100. The first-order valence-electron chi connectivity index (χ1n) is 47.1. The number of aliphatic hydroxyl groups excluding tert-OH is 1. The molecule has 13 aromatic rings. The molecule has 0 bridgehead atoms. The van der Waals surface area contributed by atoms with Gasteiger partial charge in [-0.15, -0.1) is 0 Å². The lowest BCUT2D eigenvalue weighted by atomic mass is 9.95. The summed E-state index contributed by atoms with van der Waals surface area (Å²) < 4.78 is 137. The highest BCUT2D eigenvalue weighted by Gasteiger charge is 2.61. The maximum absolute atomic E-state index is 16.0. The van der Waals surface area contributed by atoms with E-state index in [1.807, 2.05) is 121 Å². The highest BCUT2D eigenvalue weighted by molar-refractivity contribution is 5.94. The number of esters is 9. The van der Waals surface area contributed by atoms with Crippen molar-refractivity contribution in [3.05, 3.63) is 467 Å². The van der Waals surface area contributed by atoms with Crippen LogP contribution in [0.15, 0.2) is 394 Å². The van der Waals surface area contributed by atoms with E-state index in [-0.39, 0.29) is 83.1 Å². The third-order valence-corrected chi connectivity index (χ3v) is 24.2. The average Bonchev–Trinajstić information content (AvgIpc) is 0.756. The molecule has 145 heavy (non-hydrogen) atoms. The number of hydrogen-bond donors (Lipinski definition) is 1. The first-order valence-corrected chi connectivity index (χ1v) is 47.1. The van der Waals surface area contributed by atoms with Gasteiger partial charge in [0.15, 0.2) is 74.0 Å². The SMILES string of the molecule is O=C(OC[C@H]1O[C@H](O[C@@H]2[C@H](OC(=O)c3ccccc3)[C@@H](OC(=O)c3ccccc3)[C@H](OC[C@H]3O[C@@H](O)[C@H](OC(=O)c4ccccc4)[C@@H](OC(=O)c4ccccc4)[C@H]3OC(=O)c3ccccc3)O[C@@H]2CO[C@H]2O[C@H](COCc3ccccc3)[C@H](OCc3ccccc3)[C@H](OCc3ccccc3)[C@H]2OCc2ccccc2)[C@@H](OC(=O)c2ccccc2)[C@@H](OC(=O)c2ccccc2)[C@@H]1OC(=O)c1ccccc1)c1ccccc1. The fourth-order valence-corrected chi connectivity index (χ4v) is 16.9. The highest BCUT2D eigenvalue weighted by atomic mass is 16.8. The molecule has 17 rings (SSSR count). The van der Waals surface area contributed by atoms with Crippen molar-refractivity contribution in [1.29, 1.82) is 0 Å². The Balaban J connectivity index is 0.851. The van der Waals surface area contributed by atoms with E-state index < -0.39 is 196 Å². The number of hydrogen-bond acceptors (Lipinski definition) is 30. The molecule has 30 heteroatoms. The van der Waals surface area contributed by atoms with Crippen LogP contribution < -0.4 is 0 Å². The lowest BCUT2D eigenvalue weighted by Crippen LogP contribution is -2.68. The minimum atomic E-state index is -2.33. The summed E-state index contributed by atoms with van der Waals surface area (Å²) >= 11 is 0. The third kappa shape index (κ3) is 26.9. The Hall–Kier alpha value is -15.4. The van der Waals surface area contributed by atoms with Crippen LogP contribution in [-0.2, 0) is 121 Å². The molecule has 4 aliphatic rings. The Morgan fingerprint density at radius 3 is 0.759 bits per heavy atom. The molecule has 0 unspecified atom stereocenters. The number of carbonyl (C=O) groups is 9. The summed E-state index contributed by atoms with van der Waals surface area (Å²) in [6.07, 6.45) is -38.2. The lowest BCUT2D eigenvalue weighted by molar-refractivity contribution is -0.371. The summed E-state index contributed by atoms with van der Waals surface area (Å²) in [6, 6.07) is 106. The van der Waals surface area contributed by atoms with Gasteiger partial charge < -0.3 is 99.8 Å². The van der Waals surface area contributed by atoms with E-state index in [9.17, 15) is 19.5 Å². The van der Waals surface area contributed by atoms with Crippen LogP contribution in [0.3, 0.4) is 0 Å². The molecule has 0 saturated carbocycles. The van der Waals surface area contributed by atoms with Gasteiger partial charge in [-0.3, -0.25) is 0 Å². The van der Waals surface area contributed by atoms with Crippen molar-refractivity contribution >= 4 is 53.7 Å². The van der Waals surface area contributed by atoms with Crippen LogP contribution >= 0.6 is 0 Å². The summed E-state index contributed by atoms with van der Waals surface area (Å²) in [6.45, 7) is -3.10. The molecule has 0 aromatic heterocycles. The predicted molar refractivity (Wildman–Crippen MR) is 517 cm³/mol. The van der Waals surface area contributed by atoms with Gasteiger partial charge in [0.2, 0.25) is 0 Å². The van der Waals surface area contributed by atoms with Crippen molar-refractivity contribution in [2.24, 2.45) is 0 Å². The average molecular weight is 1960 g/mol. The Labute approximate surface area is 834 Å². The molecule has 4 heterocycles. The van der Waals surface area contributed by atoms with E-state index in [1.54, 1.807) is 152 Å². The van der Waals surface area contributed by atoms with Crippen molar-refractivity contribution in [1.82, 2.24) is 0 Å². The zero-order valence-electron chi connectivity index (χ0n) is 78.0. The summed E-state index contributed by atoms with van der Waals surface area (Å²) in [5.74, 6) is -9.68. The maximum atomic E-state index is 16.0. The van der Waals surface area contributed by atoms with Crippen molar-refractivity contribution in [3.63, 3.8) is 0 Å². The number of ether oxygens (including phenoxy) is 20. The van der Waals surface area contributed by atoms with E-state index in [0.717, 1.165) is 16.7 Å². The number of aliphatic hydroxyl groups is 1. The van der Waals surface area contributed by atoms with E-state index in [1.165, 1.54) is 121 Å². The number of carbonyl (C=O) groups excluding carboxylic acids is 9. The van der Waals surface area contributed by atoms with Gasteiger partial charge in [0.05, 0.1) is 96.3 Å². The van der Waals surface area contributed by atoms with Gasteiger partial charge in [-0.25, -0.2) is 43.2 Å². The van der Waals surface area contributed by atoms with Crippen molar-refractivity contribution in [3.8, 4) is 0 Å². The molecule has 13 aromatic carbocycles. The van der Waals surface area contributed by atoms with Crippen molar-refractivity contribution in [2.45, 2.75) is 149 Å². The molecule has 0 aliphatic carbocycles. The zero-order valence-corrected chi connectivity index (χ0v) is 78.0. The second-order valence-electron chi connectivity index (χ2n) is 34.1. The highest BCUT2D eigenvalue weighted by Crippen LogP contribution is 2.41. The normalized spacial score (nSPS) is 23.8. The van der Waals surface area contributed by atoms with Crippen LogP contribution in [0.1, 0.15) is 115 Å². The lowest BCUT2D eigenvalue weighted by Gasteiger charge is -2.50. The summed E-state index contributed by atoms with van der Waals surface area (Å²) in [5, 5.41) is 12.7. The second-order valence-corrected chi connectivity index (χ2v) is 34.1. The summed E-state index contributed by atoms with van der Waals surface area (Å²) in [4.78, 5) is 137. The first-order chi connectivity index (χ1) is 71.1. The third-order valence-electron chi connectivity index (χ3n) is 24.2. The van der Waals surface area contributed by atoms with Gasteiger partial charge in [0, 0.05) is 0 Å². The molecular weight excluding hydrogens is 1860 g/mol. The predicted octanol–water partition coefficient (Wildman–Crippen LogP) is 15.9. The monoisotopic (exact) mass is 1960 g/mol. The fourth-order valence-electron chi connectivity index (χ4n) is 16.9. The van der Waals surface area contributed by atoms with Gasteiger partial charge in [-0.1, -0.05) is 285 Å². The Morgan fingerprint density at radius 2 is 0.421 bits per heavy atom. The Morgan fingerprint density at radius 1 is 0.193 bits per heavy atom. The van der Waals surface area contributed by atoms with Crippen LogP contribution in [-0.4, -0.2) is 208 Å². The molecule has 0 spiro atoms. The van der Waals surface area contributed by atoms with Crippen LogP contribution in [0, 0.1) is 0 Å². The topological polar surface area (TPSA) is 358 Å².